The average molecular weight is 280 g/mol. The molecule has 1 N–H and O–H groups in total. The fraction of sp³-hybridized carbons (Fsp3) is 0.385. The van der Waals surface area contributed by atoms with Crippen molar-refractivity contribution < 1.29 is 9.53 Å². The van der Waals surface area contributed by atoms with E-state index in [1.165, 1.54) is 0 Å². The normalized spacial score (nSPS) is 18.9. The maximum atomic E-state index is 12.2. The number of aromatic nitrogens is 2. The van der Waals surface area contributed by atoms with Gasteiger partial charge in [-0.15, -0.1) is 0 Å². The van der Waals surface area contributed by atoms with Crippen LogP contribution in [0, 0.1) is 0 Å². The second-order valence-corrected chi connectivity index (χ2v) is 4.88. The van der Waals surface area contributed by atoms with E-state index in [1.807, 2.05) is 18.2 Å². The first-order valence-electron chi connectivity index (χ1n) is 6.28. The summed E-state index contributed by atoms with van der Waals surface area (Å²) in [6.45, 7) is 1.28. The topological polar surface area (TPSA) is 55.6 Å². The third kappa shape index (κ3) is 2.43. The monoisotopic (exact) mass is 279 g/mol. The van der Waals surface area contributed by atoms with E-state index in [1.54, 1.807) is 10.6 Å². The molecule has 1 atom stereocenters. The highest BCUT2D eigenvalue weighted by atomic mass is 35.5. The first-order chi connectivity index (χ1) is 9.25. The predicted molar refractivity (Wildman–Crippen MR) is 71.5 cm³/mol. The fourth-order valence-corrected chi connectivity index (χ4v) is 2.53. The molecule has 0 bridgehead atoms. The van der Waals surface area contributed by atoms with Crippen LogP contribution >= 0.6 is 11.6 Å². The smallest absolute Gasteiger partial charge is 0.271 e. The number of rotatable bonds is 3. The number of hydrogen-bond donors (Lipinski definition) is 1. The van der Waals surface area contributed by atoms with Crippen molar-refractivity contribution in [2.45, 2.75) is 18.9 Å². The lowest BCUT2D eigenvalue weighted by Crippen LogP contribution is -2.32. The number of amides is 1. The minimum absolute atomic E-state index is 0.113. The van der Waals surface area contributed by atoms with Gasteiger partial charge in [0.25, 0.3) is 5.91 Å². The van der Waals surface area contributed by atoms with Crippen LogP contribution < -0.4 is 5.32 Å². The van der Waals surface area contributed by atoms with Gasteiger partial charge in [-0.25, -0.2) is 4.98 Å². The lowest BCUT2D eigenvalue weighted by molar-refractivity contribution is 0.0853. The molecule has 1 amide bonds. The predicted octanol–water partition coefficient (Wildman–Crippen LogP) is 1.90. The minimum Gasteiger partial charge on any atom is -0.376 e. The number of halogens is 1. The third-order valence-corrected chi connectivity index (χ3v) is 3.48. The van der Waals surface area contributed by atoms with Crippen LogP contribution in [-0.2, 0) is 4.74 Å². The molecule has 1 unspecified atom stereocenters. The van der Waals surface area contributed by atoms with Gasteiger partial charge in [0.1, 0.15) is 5.65 Å². The van der Waals surface area contributed by atoms with Gasteiger partial charge < -0.3 is 10.1 Å². The van der Waals surface area contributed by atoms with E-state index in [0.29, 0.717) is 17.9 Å². The molecule has 2 aromatic rings. The van der Waals surface area contributed by atoms with Crippen LogP contribution in [0.1, 0.15) is 23.3 Å². The molecule has 3 heterocycles. The lowest BCUT2D eigenvalue weighted by Gasteiger charge is -2.10. The van der Waals surface area contributed by atoms with Crippen LogP contribution in [0.25, 0.3) is 5.65 Å². The van der Waals surface area contributed by atoms with E-state index in [9.17, 15) is 4.79 Å². The minimum atomic E-state index is -0.223. The molecule has 0 aromatic carbocycles. The van der Waals surface area contributed by atoms with E-state index >= 15 is 0 Å². The molecule has 19 heavy (non-hydrogen) atoms. The zero-order valence-electron chi connectivity index (χ0n) is 10.3. The molecule has 0 spiro atoms. The van der Waals surface area contributed by atoms with E-state index in [-0.39, 0.29) is 17.2 Å². The van der Waals surface area contributed by atoms with Crippen molar-refractivity contribution in [3.8, 4) is 0 Å². The van der Waals surface area contributed by atoms with E-state index < -0.39 is 0 Å². The third-order valence-electron chi connectivity index (χ3n) is 3.22. The summed E-state index contributed by atoms with van der Waals surface area (Å²) < 4.78 is 7.16. The van der Waals surface area contributed by atoms with Gasteiger partial charge in [0, 0.05) is 19.3 Å². The van der Waals surface area contributed by atoms with Crippen LogP contribution in [0.5, 0.6) is 0 Å². The first-order valence-corrected chi connectivity index (χ1v) is 6.66. The van der Waals surface area contributed by atoms with Gasteiger partial charge in [0.2, 0.25) is 0 Å². The fourth-order valence-electron chi connectivity index (χ4n) is 2.27. The van der Waals surface area contributed by atoms with Crippen LogP contribution in [0.15, 0.2) is 24.4 Å². The molecule has 1 aliphatic heterocycles. The summed E-state index contributed by atoms with van der Waals surface area (Å²) in [7, 11) is 0. The maximum Gasteiger partial charge on any atom is 0.271 e. The molecule has 1 fully saturated rings. The SMILES string of the molecule is O=C(NCC1CCCO1)c1c(Cl)nc2ccccn12. The summed E-state index contributed by atoms with van der Waals surface area (Å²) >= 11 is 6.03. The summed E-state index contributed by atoms with van der Waals surface area (Å²) in [6.07, 6.45) is 3.93. The first kappa shape index (κ1) is 12.4. The molecule has 0 radical (unpaired) electrons. The summed E-state index contributed by atoms with van der Waals surface area (Å²) in [4.78, 5) is 16.3. The van der Waals surface area contributed by atoms with Gasteiger partial charge >= 0.3 is 0 Å². The van der Waals surface area contributed by atoms with Crippen molar-refractivity contribution in [2.24, 2.45) is 0 Å². The van der Waals surface area contributed by atoms with Crippen molar-refractivity contribution in [3.05, 3.63) is 35.2 Å². The van der Waals surface area contributed by atoms with E-state index in [2.05, 4.69) is 10.3 Å². The van der Waals surface area contributed by atoms with Crippen LogP contribution in [0.3, 0.4) is 0 Å². The number of carbonyl (C=O) groups excluding carboxylic acids is 1. The number of ether oxygens (including phenoxy) is 1. The number of pyridine rings is 1. The van der Waals surface area contributed by atoms with Gasteiger partial charge in [-0.2, -0.15) is 0 Å². The Morgan fingerprint density at radius 2 is 2.47 bits per heavy atom. The van der Waals surface area contributed by atoms with Gasteiger partial charge in [-0.05, 0) is 25.0 Å². The zero-order valence-corrected chi connectivity index (χ0v) is 11.1. The second kappa shape index (κ2) is 5.19. The van der Waals surface area contributed by atoms with E-state index in [4.69, 9.17) is 16.3 Å². The largest absolute Gasteiger partial charge is 0.376 e. The molecule has 6 heteroatoms. The lowest BCUT2D eigenvalue weighted by atomic mass is 10.2. The summed E-state index contributed by atoms with van der Waals surface area (Å²) in [5.74, 6) is -0.223. The number of carbonyl (C=O) groups is 1. The number of hydrogen-bond acceptors (Lipinski definition) is 3. The number of nitrogens with zero attached hydrogens (tertiary/aromatic N) is 2. The highest BCUT2D eigenvalue weighted by molar-refractivity contribution is 6.32. The Morgan fingerprint density at radius 1 is 1.58 bits per heavy atom. The van der Waals surface area contributed by atoms with Crippen LogP contribution in [-0.4, -0.2) is 34.5 Å². The molecule has 5 nitrogen and oxygen atoms in total. The number of imidazole rings is 1. The van der Waals surface area contributed by atoms with Gasteiger partial charge in [-0.3, -0.25) is 9.20 Å². The van der Waals surface area contributed by atoms with Crippen LogP contribution in [0.4, 0.5) is 0 Å². The standard InChI is InChI=1S/C13H14ClN3O2/c14-12-11(17-6-2-1-5-10(17)16-12)13(18)15-8-9-4-3-7-19-9/h1-2,5-6,9H,3-4,7-8H2,(H,15,18). The second-order valence-electron chi connectivity index (χ2n) is 4.53. The molecule has 2 aromatic heterocycles. The zero-order chi connectivity index (χ0) is 13.2. The molecule has 3 rings (SSSR count). The molecule has 0 aliphatic carbocycles. The highest BCUT2D eigenvalue weighted by Gasteiger charge is 2.20. The molecular formula is C13H14ClN3O2. The van der Waals surface area contributed by atoms with Crippen molar-refractivity contribution in [1.29, 1.82) is 0 Å². The Kier molecular flexibility index (Phi) is 3.40. The van der Waals surface area contributed by atoms with Crippen molar-refractivity contribution in [1.82, 2.24) is 14.7 Å². The number of nitrogens with one attached hydrogen (secondary N) is 1. The van der Waals surface area contributed by atoms with Gasteiger partial charge in [0.15, 0.2) is 10.8 Å². The van der Waals surface area contributed by atoms with Crippen molar-refractivity contribution in [2.75, 3.05) is 13.2 Å². The molecule has 100 valence electrons. The maximum absolute atomic E-state index is 12.2. The van der Waals surface area contributed by atoms with Gasteiger partial charge in [-0.1, -0.05) is 17.7 Å². The molecule has 0 saturated carbocycles. The Bertz CT molecular complexity index is 605. The van der Waals surface area contributed by atoms with E-state index in [0.717, 1.165) is 19.4 Å². The van der Waals surface area contributed by atoms with Crippen molar-refractivity contribution >= 4 is 23.2 Å². The summed E-state index contributed by atoms with van der Waals surface area (Å²) in [5.41, 5.74) is 1.03. The Morgan fingerprint density at radius 3 is 3.26 bits per heavy atom. The Hall–Kier alpha value is -1.59. The Balaban J connectivity index is 1.79. The molecule has 1 aliphatic rings. The average Bonchev–Trinajstić information content (AvgIpc) is 3.02. The van der Waals surface area contributed by atoms with Crippen LogP contribution in [0.2, 0.25) is 5.15 Å². The van der Waals surface area contributed by atoms with Crippen molar-refractivity contribution in [3.63, 3.8) is 0 Å². The Labute approximate surface area is 115 Å². The molecular weight excluding hydrogens is 266 g/mol. The summed E-state index contributed by atoms with van der Waals surface area (Å²) in [6, 6.07) is 5.50. The highest BCUT2D eigenvalue weighted by Crippen LogP contribution is 2.17. The molecule has 1 saturated heterocycles. The summed E-state index contributed by atoms with van der Waals surface area (Å²) in [5, 5.41) is 3.07. The quantitative estimate of drug-likeness (QED) is 0.934. The van der Waals surface area contributed by atoms with Gasteiger partial charge in [0.05, 0.1) is 6.10 Å². The number of fused-ring (bicyclic) bond motifs is 1.